The lowest BCUT2D eigenvalue weighted by atomic mass is 10.2. The van der Waals surface area contributed by atoms with Crippen LogP contribution in [0.3, 0.4) is 0 Å². The summed E-state index contributed by atoms with van der Waals surface area (Å²) in [4.78, 5) is 25.4. The zero-order chi connectivity index (χ0) is 19.0. The Hall–Kier alpha value is -1.97. The molecule has 0 fully saturated rings. The van der Waals surface area contributed by atoms with E-state index in [4.69, 9.17) is 0 Å². The van der Waals surface area contributed by atoms with E-state index in [9.17, 15) is 18.0 Å². The van der Waals surface area contributed by atoms with Gasteiger partial charge in [0.1, 0.15) is 0 Å². The third kappa shape index (κ3) is 7.63. The molecular weight excluding hydrogens is 346 g/mol. The van der Waals surface area contributed by atoms with Crippen LogP contribution in [0.25, 0.3) is 0 Å². The summed E-state index contributed by atoms with van der Waals surface area (Å²) in [5.74, 6) is -0.830. The summed E-state index contributed by atoms with van der Waals surface area (Å²) in [5.41, 5.74) is 0.774. The van der Waals surface area contributed by atoms with Gasteiger partial charge in [-0.3, -0.25) is 4.79 Å². The summed E-state index contributed by atoms with van der Waals surface area (Å²) in [6, 6.07) is 6.35. The SMILES string of the molecule is COC(=O)c1cccc(NC(=O)CCN(CCN(C)C)S(C)(=O)=O)c1. The van der Waals surface area contributed by atoms with Gasteiger partial charge in [0.25, 0.3) is 0 Å². The van der Waals surface area contributed by atoms with Gasteiger partial charge >= 0.3 is 5.97 Å². The first-order valence-electron chi connectivity index (χ1n) is 7.71. The van der Waals surface area contributed by atoms with Crippen molar-refractivity contribution >= 4 is 27.6 Å². The molecule has 25 heavy (non-hydrogen) atoms. The number of hydrogen-bond donors (Lipinski definition) is 1. The first-order valence-corrected chi connectivity index (χ1v) is 9.56. The van der Waals surface area contributed by atoms with Crippen LogP contribution in [-0.4, -0.2) is 76.6 Å². The average Bonchev–Trinajstić information content (AvgIpc) is 2.52. The Morgan fingerprint density at radius 1 is 1.16 bits per heavy atom. The van der Waals surface area contributed by atoms with Gasteiger partial charge in [-0.25, -0.2) is 17.5 Å². The maximum absolute atomic E-state index is 12.1. The number of hydrogen-bond acceptors (Lipinski definition) is 6. The third-order valence-electron chi connectivity index (χ3n) is 3.42. The Balaban J connectivity index is 2.64. The molecule has 8 nitrogen and oxygen atoms in total. The number of rotatable bonds is 9. The molecule has 0 bridgehead atoms. The van der Waals surface area contributed by atoms with E-state index >= 15 is 0 Å². The monoisotopic (exact) mass is 371 g/mol. The highest BCUT2D eigenvalue weighted by molar-refractivity contribution is 7.88. The number of sulfonamides is 1. The Bertz CT molecular complexity index is 703. The molecule has 0 aromatic heterocycles. The minimum atomic E-state index is -3.38. The van der Waals surface area contributed by atoms with Crippen LogP contribution >= 0.6 is 0 Å². The van der Waals surface area contributed by atoms with Gasteiger partial charge in [-0.1, -0.05) is 6.07 Å². The summed E-state index contributed by atoms with van der Waals surface area (Å²) >= 11 is 0. The Kier molecular flexibility index (Phi) is 8.01. The summed E-state index contributed by atoms with van der Waals surface area (Å²) < 4.78 is 29.5. The second-order valence-corrected chi connectivity index (χ2v) is 7.82. The Morgan fingerprint density at radius 2 is 1.84 bits per heavy atom. The van der Waals surface area contributed by atoms with Crippen molar-refractivity contribution in [3.63, 3.8) is 0 Å². The number of benzene rings is 1. The van der Waals surface area contributed by atoms with Gasteiger partial charge in [-0.05, 0) is 32.3 Å². The fourth-order valence-electron chi connectivity index (χ4n) is 2.05. The molecule has 0 aliphatic heterocycles. The summed E-state index contributed by atoms with van der Waals surface area (Å²) in [6.07, 6.45) is 1.14. The molecule has 0 saturated heterocycles. The van der Waals surface area contributed by atoms with Gasteiger partial charge in [0.15, 0.2) is 0 Å². The number of carbonyl (C=O) groups is 2. The van der Waals surface area contributed by atoms with Crippen LogP contribution in [0, 0.1) is 0 Å². The lowest BCUT2D eigenvalue weighted by molar-refractivity contribution is -0.116. The van der Waals surface area contributed by atoms with Crippen LogP contribution in [0.4, 0.5) is 5.69 Å². The highest BCUT2D eigenvalue weighted by Gasteiger charge is 2.18. The van der Waals surface area contributed by atoms with Gasteiger partial charge < -0.3 is 15.0 Å². The number of methoxy groups -OCH3 is 1. The van der Waals surface area contributed by atoms with E-state index in [2.05, 4.69) is 10.1 Å². The fourth-order valence-corrected chi connectivity index (χ4v) is 2.88. The number of nitrogens with zero attached hydrogens (tertiary/aromatic N) is 2. The number of ether oxygens (including phenoxy) is 1. The highest BCUT2D eigenvalue weighted by Crippen LogP contribution is 2.12. The highest BCUT2D eigenvalue weighted by atomic mass is 32.2. The topological polar surface area (TPSA) is 96.0 Å². The van der Waals surface area contributed by atoms with Gasteiger partial charge in [0, 0.05) is 31.7 Å². The number of likely N-dealkylation sites (N-methyl/N-ethyl adjacent to an activating group) is 1. The number of amides is 1. The molecule has 1 N–H and O–H groups in total. The molecule has 0 heterocycles. The predicted octanol–water partition coefficient (Wildman–Crippen LogP) is 0.625. The molecule has 140 valence electrons. The third-order valence-corrected chi connectivity index (χ3v) is 4.72. The zero-order valence-electron chi connectivity index (χ0n) is 15.0. The molecule has 0 atom stereocenters. The second kappa shape index (κ2) is 9.50. The lowest BCUT2D eigenvalue weighted by Gasteiger charge is -2.21. The standard InChI is InChI=1S/C16H25N3O5S/c1-18(2)10-11-19(25(4,22)23)9-8-15(20)17-14-7-5-6-13(12-14)16(21)24-3/h5-7,12H,8-11H2,1-4H3,(H,17,20). The van der Waals surface area contributed by atoms with Crippen molar-refractivity contribution in [2.75, 3.05) is 52.4 Å². The number of nitrogens with one attached hydrogen (secondary N) is 1. The van der Waals surface area contributed by atoms with Crippen LogP contribution in [0.5, 0.6) is 0 Å². The van der Waals surface area contributed by atoms with Crippen LogP contribution in [-0.2, 0) is 19.6 Å². The molecule has 1 amide bonds. The van der Waals surface area contributed by atoms with Crippen molar-refractivity contribution < 1.29 is 22.7 Å². The molecule has 0 unspecified atom stereocenters. The second-order valence-electron chi connectivity index (χ2n) is 5.84. The molecular formula is C16H25N3O5S. The maximum atomic E-state index is 12.1. The van der Waals surface area contributed by atoms with Crippen LogP contribution in [0.1, 0.15) is 16.8 Å². The van der Waals surface area contributed by atoms with E-state index in [1.165, 1.54) is 17.5 Å². The minimum Gasteiger partial charge on any atom is -0.465 e. The number of anilines is 1. The molecule has 0 aliphatic rings. The van der Waals surface area contributed by atoms with Gasteiger partial charge in [-0.2, -0.15) is 0 Å². The average molecular weight is 371 g/mol. The van der Waals surface area contributed by atoms with Crippen molar-refractivity contribution in [3.8, 4) is 0 Å². The molecule has 1 rings (SSSR count). The predicted molar refractivity (Wildman–Crippen MR) is 96.0 cm³/mol. The molecule has 1 aromatic carbocycles. The van der Waals surface area contributed by atoms with Crippen molar-refractivity contribution in [2.24, 2.45) is 0 Å². The summed E-state index contributed by atoms with van der Waals surface area (Å²) in [6.45, 7) is 0.974. The van der Waals surface area contributed by atoms with Crippen molar-refractivity contribution in [2.45, 2.75) is 6.42 Å². The van der Waals surface area contributed by atoms with E-state index in [0.29, 0.717) is 24.3 Å². The normalized spacial score (nSPS) is 11.6. The largest absolute Gasteiger partial charge is 0.465 e. The first-order chi connectivity index (χ1) is 11.6. The van der Waals surface area contributed by atoms with E-state index in [1.54, 1.807) is 18.2 Å². The van der Waals surface area contributed by atoms with Gasteiger partial charge in [0.2, 0.25) is 15.9 Å². The minimum absolute atomic E-state index is 0.0168. The number of carbonyl (C=O) groups excluding carboxylic acids is 2. The van der Waals surface area contributed by atoms with Gasteiger partial charge in [-0.15, -0.1) is 0 Å². The molecule has 0 radical (unpaired) electrons. The van der Waals surface area contributed by atoms with Crippen molar-refractivity contribution in [1.29, 1.82) is 0 Å². The molecule has 0 aliphatic carbocycles. The Morgan fingerprint density at radius 3 is 2.40 bits per heavy atom. The maximum Gasteiger partial charge on any atom is 0.337 e. The van der Waals surface area contributed by atoms with Crippen molar-refractivity contribution in [1.82, 2.24) is 9.21 Å². The quantitative estimate of drug-likeness (QED) is 0.640. The smallest absolute Gasteiger partial charge is 0.337 e. The first kappa shape index (κ1) is 21.1. The molecule has 0 saturated carbocycles. The van der Waals surface area contributed by atoms with Crippen LogP contribution < -0.4 is 5.32 Å². The van der Waals surface area contributed by atoms with E-state index < -0.39 is 16.0 Å². The number of esters is 1. The Labute approximate surface area is 148 Å². The van der Waals surface area contributed by atoms with E-state index in [1.807, 2.05) is 19.0 Å². The summed E-state index contributed by atoms with van der Waals surface area (Å²) in [5, 5.41) is 2.65. The van der Waals surface area contributed by atoms with E-state index in [0.717, 1.165) is 6.26 Å². The van der Waals surface area contributed by atoms with Gasteiger partial charge in [0.05, 0.1) is 18.9 Å². The molecule has 1 aromatic rings. The fraction of sp³-hybridized carbons (Fsp3) is 0.500. The molecule has 0 spiro atoms. The summed E-state index contributed by atoms with van der Waals surface area (Å²) in [7, 11) is 1.59. The molecule has 9 heteroatoms. The van der Waals surface area contributed by atoms with Crippen LogP contribution in [0.2, 0.25) is 0 Å². The van der Waals surface area contributed by atoms with E-state index in [-0.39, 0.29) is 18.9 Å². The lowest BCUT2D eigenvalue weighted by Crippen LogP contribution is -2.37. The zero-order valence-corrected chi connectivity index (χ0v) is 15.8. The van der Waals surface area contributed by atoms with Crippen molar-refractivity contribution in [3.05, 3.63) is 29.8 Å². The van der Waals surface area contributed by atoms with Crippen LogP contribution in [0.15, 0.2) is 24.3 Å².